The summed E-state index contributed by atoms with van der Waals surface area (Å²) in [4.78, 5) is 14.0. The molecule has 0 unspecified atom stereocenters. The third kappa shape index (κ3) is 6.20. The lowest BCUT2D eigenvalue weighted by molar-refractivity contribution is -0.115. The van der Waals surface area contributed by atoms with Crippen LogP contribution in [0.2, 0.25) is 0 Å². The molecule has 1 saturated carbocycles. The molecule has 0 bridgehead atoms. The number of amides is 1. The van der Waals surface area contributed by atoms with Gasteiger partial charge in [0.05, 0.1) is 0 Å². The number of carbonyl (C=O) groups is 1. The summed E-state index contributed by atoms with van der Waals surface area (Å²) in [6, 6.07) is 19.9. The topological polar surface area (TPSA) is 32.3 Å². The second-order valence-electron chi connectivity index (χ2n) is 8.19. The standard InChI is InChI=1S/C25H34N2O/c1-3-25(28)26-23-13-9-21(10-14-23)19-22-11-15-24(16-12-22)27(2)18-17-20-7-5-4-6-8-20/h4-10,13-14,22,24H,3,11-12,15-19H2,1-2H3,(H,26,28). The molecular weight excluding hydrogens is 344 g/mol. The van der Waals surface area contributed by atoms with Crippen LogP contribution in [0.5, 0.6) is 0 Å². The molecule has 0 aromatic heterocycles. The molecule has 2 aromatic carbocycles. The first-order valence-corrected chi connectivity index (χ1v) is 10.8. The molecule has 3 nitrogen and oxygen atoms in total. The summed E-state index contributed by atoms with van der Waals surface area (Å²) in [5, 5.41) is 2.92. The van der Waals surface area contributed by atoms with Crippen molar-refractivity contribution in [1.29, 1.82) is 0 Å². The van der Waals surface area contributed by atoms with Crippen LogP contribution in [0.15, 0.2) is 54.6 Å². The van der Waals surface area contributed by atoms with Crippen molar-refractivity contribution in [2.24, 2.45) is 5.92 Å². The average Bonchev–Trinajstić information content (AvgIpc) is 2.74. The van der Waals surface area contributed by atoms with E-state index in [4.69, 9.17) is 0 Å². The number of hydrogen-bond donors (Lipinski definition) is 1. The van der Waals surface area contributed by atoms with Crippen LogP contribution in [0.1, 0.15) is 50.2 Å². The van der Waals surface area contributed by atoms with Gasteiger partial charge in [-0.1, -0.05) is 49.4 Å². The number of nitrogens with one attached hydrogen (secondary N) is 1. The number of benzene rings is 2. The van der Waals surface area contributed by atoms with Gasteiger partial charge in [0.15, 0.2) is 0 Å². The van der Waals surface area contributed by atoms with E-state index in [0.717, 1.165) is 37.0 Å². The average molecular weight is 379 g/mol. The Balaban J connectivity index is 1.40. The molecule has 2 aromatic rings. The molecule has 0 spiro atoms. The number of hydrogen-bond acceptors (Lipinski definition) is 2. The highest BCUT2D eigenvalue weighted by Crippen LogP contribution is 2.30. The molecule has 1 fully saturated rings. The molecule has 1 aliphatic rings. The first kappa shape index (κ1) is 20.6. The third-order valence-corrected chi connectivity index (χ3v) is 6.12. The molecule has 150 valence electrons. The molecule has 0 atom stereocenters. The number of likely N-dealkylation sites (N-methyl/N-ethyl adjacent to an activating group) is 1. The zero-order chi connectivity index (χ0) is 19.8. The summed E-state index contributed by atoms with van der Waals surface area (Å²) < 4.78 is 0. The van der Waals surface area contributed by atoms with E-state index in [1.54, 1.807) is 0 Å². The van der Waals surface area contributed by atoms with Crippen molar-refractivity contribution in [3.05, 3.63) is 65.7 Å². The van der Waals surface area contributed by atoms with Crippen molar-refractivity contribution in [2.45, 2.75) is 57.9 Å². The zero-order valence-corrected chi connectivity index (χ0v) is 17.4. The van der Waals surface area contributed by atoms with E-state index >= 15 is 0 Å². The highest BCUT2D eigenvalue weighted by atomic mass is 16.1. The number of rotatable bonds is 8. The normalized spacial score (nSPS) is 19.5. The van der Waals surface area contributed by atoms with Gasteiger partial charge in [0.2, 0.25) is 5.91 Å². The van der Waals surface area contributed by atoms with Gasteiger partial charge in [-0.2, -0.15) is 0 Å². The largest absolute Gasteiger partial charge is 0.326 e. The Labute approximate surface area is 170 Å². The Kier molecular flexibility index (Phi) is 7.67. The van der Waals surface area contributed by atoms with Gasteiger partial charge in [-0.15, -0.1) is 0 Å². The van der Waals surface area contributed by atoms with Gasteiger partial charge in [0.1, 0.15) is 0 Å². The minimum Gasteiger partial charge on any atom is -0.326 e. The van der Waals surface area contributed by atoms with Crippen molar-refractivity contribution < 1.29 is 4.79 Å². The van der Waals surface area contributed by atoms with Crippen LogP contribution in [-0.2, 0) is 17.6 Å². The fourth-order valence-electron chi connectivity index (χ4n) is 4.23. The summed E-state index contributed by atoms with van der Waals surface area (Å²) in [5.41, 5.74) is 3.72. The lowest BCUT2D eigenvalue weighted by Gasteiger charge is -2.35. The highest BCUT2D eigenvalue weighted by Gasteiger charge is 2.24. The third-order valence-electron chi connectivity index (χ3n) is 6.12. The van der Waals surface area contributed by atoms with E-state index in [2.05, 4.69) is 59.7 Å². The Morgan fingerprint density at radius 1 is 0.964 bits per heavy atom. The van der Waals surface area contributed by atoms with Crippen molar-refractivity contribution in [2.75, 3.05) is 18.9 Å². The van der Waals surface area contributed by atoms with Crippen LogP contribution in [0, 0.1) is 5.92 Å². The van der Waals surface area contributed by atoms with Gasteiger partial charge in [-0.05, 0) is 74.8 Å². The number of carbonyl (C=O) groups excluding carboxylic acids is 1. The highest BCUT2D eigenvalue weighted by molar-refractivity contribution is 5.90. The lowest BCUT2D eigenvalue weighted by Crippen LogP contribution is -2.36. The first-order chi connectivity index (χ1) is 13.6. The van der Waals surface area contributed by atoms with Crippen LogP contribution in [0.25, 0.3) is 0 Å². The number of nitrogens with zero attached hydrogens (tertiary/aromatic N) is 1. The summed E-state index contributed by atoms with van der Waals surface area (Å²) >= 11 is 0. The fourth-order valence-corrected chi connectivity index (χ4v) is 4.23. The maximum Gasteiger partial charge on any atom is 0.224 e. The van der Waals surface area contributed by atoms with Crippen LogP contribution in [0.3, 0.4) is 0 Å². The van der Waals surface area contributed by atoms with E-state index in [0.29, 0.717) is 6.42 Å². The van der Waals surface area contributed by atoms with Crippen molar-refractivity contribution >= 4 is 11.6 Å². The zero-order valence-electron chi connectivity index (χ0n) is 17.4. The Morgan fingerprint density at radius 2 is 1.64 bits per heavy atom. The molecule has 28 heavy (non-hydrogen) atoms. The summed E-state index contributed by atoms with van der Waals surface area (Å²) in [6.45, 7) is 3.02. The predicted molar refractivity (Wildman–Crippen MR) is 118 cm³/mol. The molecule has 1 amide bonds. The molecule has 1 aliphatic carbocycles. The number of anilines is 1. The summed E-state index contributed by atoms with van der Waals surface area (Å²) in [7, 11) is 2.29. The van der Waals surface area contributed by atoms with Crippen molar-refractivity contribution in [3.63, 3.8) is 0 Å². The van der Waals surface area contributed by atoms with E-state index in [9.17, 15) is 4.79 Å². The van der Waals surface area contributed by atoms with Gasteiger partial charge >= 0.3 is 0 Å². The van der Waals surface area contributed by atoms with E-state index in [-0.39, 0.29) is 5.91 Å². The second kappa shape index (κ2) is 10.4. The van der Waals surface area contributed by atoms with Crippen LogP contribution in [-0.4, -0.2) is 30.4 Å². The van der Waals surface area contributed by atoms with Gasteiger partial charge in [0, 0.05) is 24.7 Å². The van der Waals surface area contributed by atoms with E-state index in [1.807, 2.05) is 19.1 Å². The monoisotopic (exact) mass is 378 g/mol. The molecule has 3 rings (SSSR count). The van der Waals surface area contributed by atoms with Gasteiger partial charge in [-0.25, -0.2) is 0 Å². The fraction of sp³-hybridized carbons (Fsp3) is 0.480. The Morgan fingerprint density at radius 3 is 2.29 bits per heavy atom. The molecule has 1 N–H and O–H groups in total. The smallest absolute Gasteiger partial charge is 0.224 e. The molecule has 3 heteroatoms. The van der Waals surface area contributed by atoms with Crippen molar-refractivity contribution in [1.82, 2.24) is 4.90 Å². The maximum absolute atomic E-state index is 11.5. The van der Waals surface area contributed by atoms with Gasteiger partial charge < -0.3 is 10.2 Å². The molecule has 0 radical (unpaired) electrons. The van der Waals surface area contributed by atoms with Crippen LogP contribution < -0.4 is 5.32 Å². The Hall–Kier alpha value is -2.13. The molecule has 0 saturated heterocycles. The van der Waals surface area contributed by atoms with Gasteiger partial charge in [-0.3, -0.25) is 4.79 Å². The predicted octanol–water partition coefficient (Wildman–Crippen LogP) is 5.31. The van der Waals surface area contributed by atoms with Gasteiger partial charge in [0.25, 0.3) is 0 Å². The first-order valence-electron chi connectivity index (χ1n) is 10.8. The second-order valence-corrected chi connectivity index (χ2v) is 8.19. The molecule has 0 aliphatic heterocycles. The summed E-state index contributed by atoms with van der Waals surface area (Å²) in [5.74, 6) is 0.859. The maximum atomic E-state index is 11.5. The minimum atomic E-state index is 0.0717. The van der Waals surface area contributed by atoms with Crippen molar-refractivity contribution in [3.8, 4) is 0 Å². The van der Waals surface area contributed by atoms with E-state index in [1.165, 1.54) is 36.8 Å². The summed E-state index contributed by atoms with van der Waals surface area (Å²) in [6.07, 6.45) is 8.05. The Bertz CT molecular complexity index is 718. The quantitative estimate of drug-likeness (QED) is 0.675. The minimum absolute atomic E-state index is 0.0717. The van der Waals surface area contributed by atoms with E-state index < -0.39 is 0 Å². The lowest BCUT2D eigenvalue weighted by atomic mass is 9.82. The SMILES string of the molecule is CCC(=O)Nc1ccc(CC2CCC(N(C)CCc3ccccc3)CC2)cc1. The van der Waals surface area contributed by atoms with Crippen LogP contribution >= 0.6 is 0 Å². The molecule has 0 heterocycles. The van der Waals surface area contributed by atoms with Crippen LogP contribution in [0.4, 0.5) is 5.69 Å². The molecular formula is C25H34N2O.